The highest BCUT2D eigenvalue weighted by atomic mass is 35.5. The van der Waals surface area contributed by atoms with Crippen LogP contribution in [-0.4, -0.2) is 38.3 Å². The molecule has 0 aliphatic carbocycles. The van der Waals surface area contributed by atoms with Crippen LogP contribution in [0.25, 0.3) is 0 Å². The zero-order chi connectivity index (χ0) is 19.3. The molecular weight excluding hydrogens is 395 g/mol. The first kappa shape index (κ1) is 21.5. The van der Waals surface area contributed by atoms with Crippen LogP contribution in [0.1, 0.15) is 38.7 Å². The molecule has 1 aromatic carbocycles. The lowest BCUT2D eigenvalue weighted by molar-refractivity contribution is -0.126. The molecule has 0 spiro atoms. The quantitative estimate of drug-likeness (QED) is 0.730. The fourth-order valence-corrected chi connectivity index (χ4v) is 5.28. The van der Waals surface area contributed by atoms with Crippen LogP contribution < -0.4 is 5.32 Å². The predicted molar refractivity (Wildman–Crippen MR) is 106 cm³/mol. The van der Waals surface area contributed by atoms with E-state index in [9.17, 15) is 13.2 Å². The summed E-state index contributed by atoms with van der Waals surface area (Å²) in [5, 5.41) is 3.65. The van der Waals surface area contributed by atoms with Crippen LogP contribution in [0.4, 0.5) is 0 Å². The molecule has 0 radical (unpaired) electrons. The number of hydrogen-bond acceptors (Lipinski definition) is 3. The maximum atomic E-state index is 12.7. The van der Waals surface area contributed by atoms with Crippen molar-refractivity contribution in [3.8, 4) is 0 Å². The zero-order valence-corrected chi connectivity index (χ0v) is 17.5. The molecule has 26 heavy (non-hydrogen) atoms. The summed E-state index contributed by atoms with van der Waals surface area (Å²) in [7, 11) is -3.53. The molecule has 5 nitrogen and oxygen atoms in total. The van der Waals surface area contributed by atoms with Crippen LogP contribution in [-0.2, 0) is 20.6 Å². The Kier molecular flexibility index (Phi) is 7.76. The van der Waals surface area contributed by atoms with E-state index in [1.807, 2.05) is 0 Å². The van der Waals surface area contributed by atoms with Crippen molar-refractivity contribution >= 4 is 39.1 Å². The van der Waals surface area contributed by atoms with E-state index in [0.717, 1.165) is 6.42 Å². The summed E-state index contributed by atoms with van der Waals surface area (Å²) in [6, 6.07) is 4.95. The van der Waals surface area contributed by atoms with Gasteiger partial charge in [0.05, 0.1) is 5.75 Å². The SMILES string of the molecule is CC(C)CCNC(=O)C1CCN(S(=O)(=O)Cc2c(Cl)cccc2Cl)CC1. The average molecular weight is 421 g/mol. The van der Waals surface area contributed by atoms with Gasteiger partial charge in [-0.25, -0.2) is 12.7 Å². The highest BCUT2D eigenvalue weighted by molar-refractivity contribution is 7.88. The smallest absolute Gasteiger partial charge is 0.223 e. The highest BCUT2D eigenvalue weighted by Crippen LogP contribution is 2.28. The molecule has 2 rings (SSSR count). The fourth-order valence-electron chi connectivity index (χ4n) is 2.97. The summed E-state index contributed by atoms with van der Waals surface area (Å²) >= 11 is 12.2. The lowest BCUT2D eigenvalue weighted by atomic mass is 9.97. The summed E-state index contributed by atoms with van der Waals surface area (Å²) in [5.74, 6) is 0.213. The van der Waals surface area contributed by atoms with Gasteiger partial charge in [0, 0.05) is 41.2 Å². The highest BCUT2D eigenvalue weighted by Gasteiger charge is 2.31. The van der Waals surface area contributed by atoms with Gasteiger partial charge in [0.25, 0.3) is 0 Å². The Balaban J connectivity index is 1.91. The number of benzene rings is 1. The number of hydrogen-bond donors (Lipinski definition) is 1. The van der Waals surface area contributed by atoms with Gasteiger partial charge in [0.2, 0.25) is 15.9 Å². The zero-order valence-electron chi connectivity index (χ0n) is 15.2. The molecule has 0 aromatic heterocycles. The summed E-state index contributed by atoms with van der Waals surface area (Å²) in [4.78, 5) is 12.2. The van der Waals surface area contributed by atoms with Crippen LogP contribution in [0.2, 0.25) is 10.0 Å². The third kappa shape index (κ3) is 5.84. The predicted octanol–water partition coefficient (Wildman–Crippen LogP) is 3.70. The van der Waals surface area contributed by atoms with Crippen molar-refractivity contribution in [3.63, 3.8) is 0 Å². The minimum absolute atomic E-state index is 0.0249. The molecule has 146 valence electrons. The Morgan fingerprint density at radius 1 is 1.23 bits per heavy atom. The van der Waals surface area contributed by atoms with E-state index in [4.69, 9.17) is 23.2 Å². The molecule has 0 atom stereocenters. The Hall–Kier alpha value is -0.820. The van der Waals surface area contributed by atoms with E-state index in [-0.39, 0.29) is 17.6 Å². The topological polar surface area (TPSA) is 66.5 Å². The number of sulfonamides is 1. The van der Waals surface area contributed by atoms with Gasteiger partial charge in [0.15, 0.2) is 0 Å². The van der Waals surface area contributed by atoms with Crippen LogP contribution >= 0.6 is 23.2 Å². The van der Waals surface area contributed by atoms with Crippen molar-refractivity contribution < 1.29 is 13.2 Å². The van der Waals surface area contributed by atoms with Gasteiger partial charge in [-0.05, 0) is 37.3 Å². The van der Waals surface area contributed by atoms with Crippen molar-refractivity contribution in [2.24, 2.45) is 11.8 Å². The summed E-state index contributed by atoms with van der Waals surface area (Å²) in [6.07, 6.45) is 2.00. The van der Waals surface area contributed by atoms with Crippen LogP contribution in [0, 0.1) is 11.8 Å². The maximum Gasteiger partial charge on any atom is 0.223 e. The Labute approximate surface area is 166 Å². The first-order valence-corrected chi connectivity index (χ1v) is 11.3. The van der Waals surface area contributed by atoms with E-state index in [1.165, 1.54) is 4.31 Å². The first-order valence-electron chi connectivity index (χ1n) is 8.89. The van der Waals surface area contributed by atoms with Crippen LogP contribution in [0.15, 0.2) is 18.2 Å². The number of rotatable bonds is 7. The van der Waals surface area contributed by atoms with Crippen molar-refractivity contribution in [3.05, 3.63) is 33.8 Å². The third-order valence-corrected chi connectivity index (χ3v) is 7.14. The molecule has 0 unspecified atom stereocenters. The molecule has 1 fully saturated rings. The monoisotopic (exact) mass is 420 g/mol. The van der Waals surface area contributed by atoms with Gasteiger partial charge in [-0.2, -0.15) is 0 Å². The summed E-state index contributed by atoms with van der Waals surface area (Å²) < 4.78 is 26.8. The molecule has 1 saturated heterocycles. The van der Waals surface area contributed by atoms with E-state index in [2.05, 4.69) is 19.2 Å². The molecule has 8 heteroatoms. The molecule has 0 saturated carbocycles. The second-order valence-corrected chi connectivity index (χ2v) is 9.89. The molecule has 1 aliphatic rings. The van der Waals surface area contributed by atoms with Crippen LogP contribution in [0.5, 0.6) is 0 Å². The number of nitrogens with zero attached hydrogens (tertiary/aromatic N) is 1. The van der Waals surface area contributed by atoms with E-state index in [0.29, 0.717) is 54.0 Å². The van der Waals surface area contributed by atoms with Crippen molar-refractivity contribution in [1.29, 1.82) is 0 Å². The number of nitrogens with one attached hydrogen (secondary N) is 1. The van der Waals surface area contributed by atoms with Crippen molar-refractivity contribution in [2.45, 2.75) is 38.9 Å². The molecular formula is C18H26Cl2N2O3S. The van der Waals surface area contributed by atoms with E-state index >= 15 is 0 Å². The molecule has 1 heterocycles. The van der Waals surface area contributed by atoms with Gasteiger partial charge in [-0.3, -0.25) is 4.79 Å². The Bertz CT molecular complexity index is 710. The normalized spacial score (nSPS) is 16.8. The van der Waals surface area contributed by atoms with Crippen LogP contribution in [0.3, 0.4) is 0 Å². The second kappa shape index (κ2) is 9.40. The largest absolute Gasteiger partial charge is 0.356 e. The second-order valence-electron chi connectivity index (χ2n) is 7.10. The third-order valence-electron chi connectivity index (χ3n) is 4.63. The molecule has 1 aliphatic heterocycles. The van der Waals surface area contributed by atoms with Gasteiger partial charge >= 0.3 is 0 Å². The number of carbonyl (C=O) groups is 1. The fraction of sp³-hybridized carbons (Fsp3) is 0.611. The summed E-state index contributed by atoms with van der Waals surface area (Å²) in [5.41, 5.74) is 0.421. The minimum atomic E-state index is -3.53. The van der Waals surface area contributed by atoms with E-state index < -0.39 is 10.0 Å². The molecule has 1 amide bonds. The number of piperidine rings is 1. The Morgan fingerprint density at radius 3 is 2.35 bits per heavy atom. The van der Waals surface area contributed by atoms with Crippen molar-refractivity contribution in [2.75, 3.05) is 19.6 Å². The van der Waals surface area contributed by atoms with Crippen molar-refractivity contribution in [1.82, 2.24) is 9.62 Å². The number of carbonyl (C=O) groups excluding carboxylic acids is 1. The minimum Gasteiger partial charge on any atom is -0.356 e. The maximum absolute atomic E-state index is 12.7. The molecule has 0 bridgehead atoms. The lowest BCUT2D eigenvalue weighted by Gasteiger charge is -2.30. The van der Waals surface area contributed by atoms with Gasteiger partial charge in [-0.15, -0.1) is 0 Å². The summed E-state index contributed by atoms with van der Waals surface area (Å²) in [6.45, 7) is 5.57. The first-order chi connectivity index (χ1) is 12.2. The standard InChI is InChI=1S/C18H26Cl2N2O3S/c1-13(2)6-9-21-18(23)14-7-10-22(11-8-14)26(24,25)12-15-16(19)4-3-5-17(15)20/h3-5,13-14H,6-12H2,1-2H3,(H,21,23). The number of amides is 1. The Morgan fingerprint density at radius 2 is 1.81 bits per heavy atom. The van der Waals surface area contributed by atoms with Gasteiger partial charge in [-0.1, -0.05) is 43.1 Å². The van der Waals surface area contributed by atoms with Gasteiger partial charge < -0.3 is 5.32 Å². The van der Waals surface area contributed by atoms with E-state index in [1.54, 1.807) is 18.2 Å². The average Bonchev–Trinajstić information content (AvgIpc) is 2.58. The lowest BCUT2D eigenvalue weighted by Crippen LogP contribution is -2.43. The molecule has 1 aromatic rings. The number of halogens is 2. The van der Waals surface area contributed by atoms with Gasteiger partial charge in [0.1, 0.15) is 0 Å². The molecule has 1 N–H and O–H groups in total.